The number of hydrogen-bond acceptors (Lipinski definition) is 4. The SMILES string of the molecule is CCOC(=O)C(C)(C)c1ccccc1C(O)CCC=O. The second kappa shape index (κ2) is 7.20. The Balaban J connectivity index is 3.11. The van der Waals surface area contributed by atoms with Crippen molar-refractivity contribution in [3.63, 3.8) is 0 Å². The van der Waals surface area contributed by atoms with Crippen molar-refractivity contribution in [2.75, 3.05) is 6.61 Å². The largest absolute Gasteiger partial charge is 0.465 e. The molecule has 20 heavy (non-hydrogen) atoms. The summed E-state index contributed by atoms with van der Waals surface area (Å²) in [7, 11) is 0. The van der Waals surface area contributed by atoms with Gasteiger partial charge in [0.15, 0.2) is 0 Å². The third kappa shape index (κ3) is 3.67. The maximum Gasteiger partial charge on any atom is 0.315 e. The number of benzene rings is 1. The van der Waals surface area contributed by atoms with Gasteiger partial charge >= 0.3 is 5.97 Å². The number of rotatable bonds is 7. The van der Waals surface area contributed by atoms with Gasteiger partial charge in [0.25, 0.3) is 0 Å². The molecule has 0 fully saturated rings. The lowest BCUT2D eigenvalue weighted by Crippen LogP contribution is -2.32. The van der Waals surface area contributed by atoms with Crippen LogP contribution in [0.25, 0.3) is 0 Å². The van der Waals surface area contributed by atoms with Crippen LogP contribution in [0.5, 0.6) is 0 Å². The molecule has 0 heterocycles. The monoisotopic (exact) mass is 278 g/mol. The number of carbonyl (C=O) groups is 2. The molecule has 0 spiro atoms. The van der Waals surface area contributed by atoms with Gasteiger partial charge < -0.3 is 14.6 Å². The third-order valence-corrected chi connectivity index (χ3v) is 3.34. The van der Waals surface area contributed by atoms with Crippen LogP contribution in [0.1, 0.15) is 50.8 Å². The molecule has 0 aromatic heterocycles. The smallest absolute Gasteiger partial charge is 0.315 e. The van der Waals surface area contributed by atoms with E-state index in [-0.39, 0.29) is 12.4 Å². The molecule has 1 aromatic rings. The van der Waals surface area contributed by atoms with Crippen LogP contribution in [-0.4, -0.2) is 24.0 Å². The van der Waals surface area contributed by atoms with E-state index in [1.54, 1.807) is 26.8 Å². The minimum absolute atomic E-state index is 0.287. The lowest BCUT2D eigenvalue weighted by Gasteiger charge is -2.27. The first-order valence-corrected chi connectivity index (χ1v) is 6.83. The highest BCUT2D eigenvalue weighted by Crippen LogP contribution is 2.32. The topological polar surface area (TPSA) is 63.6 Å². The fraction of sp³-hybridized carbons (Fsp3) is 0.500. The highest BCUT2D eigenvalue weighted by atomic mass is 16.5. The minimum Gasteiger partial charge on any atom is -0.465 e. The summed E-state index contributed by atoms with van der Waals surface area (Å²) in [6.07, 6.45) is 0.655. The number of aliphatic hydroxyl groups excluding tert-OH is 1. The summed E-state index contributed by atoms with van der Waals surface area (Å²) in [5.41, 5.74) is 0.568. The van der Waals surface area contributed by atoms with Crippen molar-refractivity contribution in [1.82, 2.24) is 0 Å². The average molecular weight is 278 g/mol. The first-order valence-electron chi connectivity index (χ1n) is 6.83. The molecule has 1 unspecified atom stereocenters. The molecule has 1 N–H and O–H groups in total. The number of hydrogen-bond donors (Lipinski definition) is 1. The maximum absolute atomic E-state index is 12.1. The normalized spacial score (nSPS) is 12.8. The zero-order chi connectivity index (χ0) is 15.2. The molecule has 0 saturated heterocycles. The first kappa shape index (κ1) is 16.4. The molecule has 4 nitrogen and oxygen atoms in total. The molecule has 0 bridgehead atoms. The summed E-state index contributed by atoms with van der Waals surface area (Å²) in [5.74, 6) is -0.324. The Labute approximate surface area is 119 Å². The van der Waals surface area contributed by atoms with Gasteiger partial charge in [-0.1, -0.05) is 24.3 Å². The second-order valence-electron chi connectivity index (χ2n) is 5.19. The van der Waals surface area contributed by atoms with Crippen molar-refractivity contribution < 1.29 is 19.4 Å². The third-order valence-electron chi connectivity index (χ3n) is 3.34. The van der Waals surface area contributed by atoms with Gasteiger partial charge in [-0.15, -0.1) is 0 Å². The van der Waals surface area contributed by atoms with E-state index >= 15 is 0 Å². The van der Waals surface area contributed by atoms with Gasteiger partial charge in [0, 0.05) is 6.42 Å². The number of aldehydes is 1. The standard InChI is InChI=1S/C16H22O4/c1-4-20-15(19)16(2,3)13-9-6-5-8-12(13)14(18)10-7-11-17/h5-6,8-9,11,14,18H,4,7,10H2,1-3H3. The maximum atomic E-state index is 12.1. The Morgan fingerprint density at radius 2 is 2.05 bits per heavy atom. The van der Waals surface area contributed by atoms with Gasteiger partial charge in [-0.2, -0.15) is 0 Å². The Morgan fingerprint density at radius 1 is 1.40 bits per heavy atom. The summed E-state index contributed by atoms with van der Waals surface area (Å²) < 4.78 is 5.10. The average Bonchev–Trinajstić information content (AvgIpc) is 2.45. The Bertz CT molecular complexity index is 465. The molecule has 0 radical (unpaired) electrons. The van der Waals surface area contributed by atoms with Crippen LogP contribution in [0.4, 0.5) is 0 Å². The van der Waals surface area contributed by atoms with Crippen molar-refractivity contribution in [1.29, 1.82) is 0 Å². The van der Waals surface area contributed by atoms with E-state index in [1.807, 2.05) is 18.2 Å². The molecule has 1 aromatic carbocycles. The Kier molecular flexibility index (Phi) is 5.89. The fourth-order valence-electron chi connectivity index (χ4n) is 2.16. The van der Waals surface area contributed by atoms with Crippen molar-refractivity contribution in [3.8, 4) is 0 Å². The first-order chi connectivity index (χ1) is 9.45. The molecule has 1 atom stereocenters. The highest BCUT2D eigenvalue weighted by Gasteiger charge is 2.34. The van der Waals surface area contributed by atoms with E-state index in [0.29, 0.717) is 18.6 Å². The van der Waals surface area contributed by atoms with Crippen LogP contribution in [0, 0.1) is 0 Å². The lowest BCUT2D eigenvalue weighted by molar-refractivity contribution is -0.148. The number of esters is 1. The lowest BCUT2D eigenvalue weighted by atomic mass is 9.80. The fourth-order valence-corrected chi connectivity index (χ4v) is 2.16. The van der Waals surface area contributed by atoms with E-state index in [9.17, 15) is 14.7 Å². The van der Waals surface area contributed by atoms with E-state index in [1.165, 1.54) is 0 Å². The number of carbonyl (C=O) groups excluding carboxylic acids is 2. The van der Waals surface area contributed by atoms with Crippen LogP contribution in [0.3, 0.4) is 0 Å². The van der Waals surface area contributed by atoms with Crippen molar-refractivity contribution >= 4 is 12.3 Å². The van der Waals surface area contributed by atoms with E-state index in [4.69, 9.17) is 4.74 Å². The molecule has 110 valence electrons. The zero-order valence-corrected chi connectivity index (χ0v) is 12.3. The quantitative estimate of drug-likeness (QED) is 0.615. The summed E-state index contributed by atoms with van der Waals surface area (Å²) >= 11 is 0. The van der Waals surface area contributed by atoms with Crippen molar-refractivity contribution in [2.45, 2.75) is 45.1 Å². The number of aliphatic hydroxyl groups is 1. The molecular formula is C16H22O4. The van der Waals surface area contributed by atoms with Gasteiger partial charge in [0.2, 0.25) is 0 Å². The van der Waals surface area contributed by atoms with Gasteiger partial charge in [0.1, 0.15) is 6.29 Å². The van der Waals surface area contributed by atoms with Gasteiger partial charge in [-0.3, -0.25) is 4.79 Å². The Morgan fingerprint density at radius 3 is 2.65 bits per heavy atom. The van der Waals surface area contributed by atoms with Gasteiger partial charge in [-0.25, -0.2) is 0 Å². The molecule has 0 saturated carbocycles. The summed E-state index contributed by atoms with van der Waals surface area (Å²) in [6, 6.07) is 7.23. The molecule has 0 amide bonds. The van der Waals surface area contributed by atoms with Crippen LogP contribution >= 0.6 is 0 Å². The minimum atomic E-state index is -0.839. The molecular weight excluding hydrogens is 256 g/mol. The Hall–Kier alpha value is -1.68. The predicted octanol–water partition coefficient (Wildman–Crippen LogP) is 2.54. The highest BCUT2D eigenvalue weighted by molar-refractivity contribution is 5.82. The van der Waals surface area contributed by atoms with Gasteiger partial charge in [0.05, 0.1) is 18.1 Å². The predicted molar refractivity (Wildman–Crippen MR) is 76.4 cm³/mol. The summed E-state index contributed by atoms with van der Waals surface area (Å²) in [6.45, 7) is 5.63. The van der Waals surface area contributed by atoms with Crippen molar-refractivity contribution in [2.24, 2.45) is 0 Å². The molecule has 4 heteroatoms. The van der Waals surface area contributed by atoms with Crippen LogP contribution in [0.15, 0.2) is 24.3 Å². The van der Waals surface area contributed by atoms with E-state index < -0.39 is 11.5 Å². The van der Waals surface area contributed by atoms with Crippen LogP contribution < -0.4 is 0 Å². The van der Waals surface area contributed by atoms with Gasteiger partial charge in [-0.05, 0) is 38.3 Å². The second-order valence-corrected chi connectivity index (χ2v) is 5.19. The molecule has 0 aliphatic heterocycles. The summed E-state index contributed by atoms with van der Waals surface area (Å²) in [5, 5.41) is 10.2. The summed E-state index contributed by atoms with van der Waals surface area (Å²) in [4.78, 5) is 22.5. The van der Waals surface area contributed by atoms with E-state index in [2.05, 4.69) is 0 Å². The molecule has 1 rings (SSSR count). The van der Waals surface area contributed by atoms with Crippen molar-refractivity contribution in [3.05, 3.63) is 35.4 Å². The zero-order valence-electron chi connectivity index (χ0n) is 12.3. The molecule has 0 aliphatic rings. The van der Waals surface area contributed by atoms with Crippen LogP contribution in [-0.2, 0) is 19.7 Å². The van der Waals surface area contributed by atoms with Crippen LogP contribution in [0.2, 0.25) is 0 Å². The molecule has 0 aliphatic carbocycles. The van der Waals surface area contributed by atoms with E-state index in [0.717, 1.165) is 11.8 Å². The number of ether oxygens (including phenoxy) is 1.